The van der Waals surface area contributed by atoms with Crippen LogP contribution >= 0.6 is 11.6 Å². The van der Waals surface area contributed by atoms with Crippen molar-refractivity contribution in [2.75, 3.05) is 0 Å². The van der Waals surface area contributed by atoms with Gasteiger partial charge in [-0.1, -0.05) is 17.7 Å². The Morgan fingerprint density at radius 1 is 1.36 bits per heavy atom. The van der Waals surface area contributed by atoms with Gasteiger partial charge in [0.1, 0.15) is 0 Å². The summed E-state index contributed by atoms with van der Waals surface area (Å²) in [5.74, 6) is 0. The fraction of sp³-hybridized carbons (Fsp3) is 0.333. The van der Waals surface area contributed by atoms with Gasteiger partial charge in [0, 0.05) is 0 Å². The van der Waals surface area contributed by atoms with Crippen molar-refractivity contribution in [2.24, 2.45) is 0 Å². The van der Waals surface area contributed by atoms with Crippen LogP contribution in [0.15, 0.2) is 18.2 Å². The Hall–Kier alpha value is -0.740. The molecule has 0 saturated heterocycles. The summed E-state index contributed by atoms with van der Waals surface area (Å²) in [4.78, 5) is 0. The third-order valence-electron chi connectivity index (χ3n) is 1.78. The Morgan fingerprint density at radius 2 is 1.93 bits per heavy atom. The molecule has 14 heavy (non-hydrogen) atoms. The highest BCUT2D eigenvalue weighted by molar-refractivity contribution is 6.31. The molecule has 78 valence electrons. The lowest BCUT2D eigenvalue weighted by molar-refractivity contribution is -0.137. The van der Waals surface area contributed by atoms with E-state index in [-0.39, 0.29) is 10.6 Å². The summed E-state index contributed by atoms with van der Waals surface area (Å²) >= 11 is 5.38. The van der Waals surface area contributed by atoms with Crippen molar-refractivity contribution >= 4 is 11.6 Å². The Bertz CT molecular complexity index is 333. The molecule has 0 unspecified atom stereocenters. The van der Waals surface area contributed by atoms with Gasteiger partial charge in [0.2, 0.25) is 0 Å². The van der Waals surface area contributed by atoms with Gasteiger partial charge in [0.15, 0.2) is 0 Å². The van der Waals surface area contributed by atoms with E-state index in [1.165, 1.54) is 13.0 Å². The predicted molar refractivity (Wildman–Crippen MR) is 47.1 cm³/mol. The van der Waals surface area contributed by atoms with E-state index in [0.717, 1.165) is 12.1 Å². The zero-order chi connectivity index (χ0) is 10.9. The number of hydrogen-bond acceptors (Lipinski definition) is 1. The Morgan fingerprint density at radius 3 is 2.36 bits per heavy atom. The van der Waals surface area contributed by atoms with Crippen LogP contribution in [0.5, 0.6) is 0 Å². The standard InChI is InChI=1S/C9H8ClF3O/c1-5(14)6-2-3-8(10)7(4-6)9(11,12)13/h2-5,14H,1H3/t5-/m1/s1. The number of hydrogen-bond donors (Lipinski definition) is 1. The lowest BCUT2D eigenvalue weighted by atomic mass is 10.1. The molecule has 0 fully saturated rings. The molecule has 0 aliphatic rings. The minimum atomic E-state index is -4.48. The largest absolute Gasteiger partial charge is 0.417 e. The van der Waals surface area contributed by atoms with Gasteiger partial charge in [-0.05, 0) is 24.6 Å². The molecule has 0 aliphatic carbocycles. The van der Waals surface area contributed by atoms with Gasteiger partial charge in [-0.3, -0.25) is 0 Å². The lowest BCUT2D eigenvalue weighted by Gasteiger charge is -2.11. The van der Waals surface area contributed by atoms with Crippen LogP contribution in [0.3, 0.4) is 0 Å². The zero-order valence-corrected chi connectivity index (χ0v) is 8.02. The second-order valence-electron chi connectivity index (χ2n) is 2.91. The van der Waals surface area contributed by atoms with Crippen LogP contribution in [0.1, 0.15) is 24.2 Å². The fourth-order valence-corrected chi connectivity index (χ4v) is 1.24. The first-order chi connectivity index (χ1) is 6.32. The molecular formula is C9H8ClF3O. The minimum absolute atomic E-state index is 0.196. The van der Waals surface area contributed by atoms with Crippen LogP contribution in [0.2, 0.25) is 5.02 Å². The van der Waals surface area contributed by atoms with Crippen LogP contribution < -0.4 is 0 Å². The Kier molecular flexibility index (Phi) is 3.07. The molecule has 0 bridgehead atoms. The highest BCUT2D eigenvalue weighted by Crippen LogP contribution is 2.35. The van der Waals surface area contributed by atoms with Crippen molar-refractivity contribution in [3.63, 3.8) is 0 Å². The van der Waals surface area contributed by atoms with E-state index in [2.05, 4.69) is 0 Å². The summed E-state index contributed by atoms with van der Waals surface area (Å²) in [6, 6.07) is 3.35. The van der Waals surface area contributed by atoms with Crippen molar-refractivity contribution in [2.45, 2.75) is 19.2 Å². The number of alkyl halides is 3. The van der Waals surface area contributed by atoms with Gasteiger partial charge >= 0.3 is 6.18 Å². The van der Waals surface area contributed by atoms with E-state index in [1.807, 2.05) is 0 Å². The van der Waals surface area contributed by atoms with E-state index in [9.17, 15) is 13.2 Å². The minimum Gasteiger partial charge on any atom is -0.389 e. The summed E-state index contributed by atoms with van der Waals surface area (Å²) in [6.07, 6.45) is -5.42. The molecule has 1 N–H and O–H groups in total. The zero-order valence-electron chi connectivity index (χ0n) is 7.27. The number of benzene rings is 1. The van der Waals surface area contributed by atoms with Crippen LogP contribution in [0.4, 0.5) is 13.2 Å². The summed E-state index contributed by atoms with van der Waals surface area (Å²) in [6.45, 7) is 1.39. The number of rotatable bonds is 1. The molecule has 0 amide bonds. The van der Waals surface area contributed by atoms with E-state index in [0.29, 0.717) is 0 Å². The molecule has 1 aromatic rings. The molecule has 0 spiro atoms. The topological polar surface area (TPSA) is 20.2 Å². The first kappa shape index (κ1) is 11.3. The van der Waals surface area contributed by atoms with Gasteiger partial charge in [-0.15, -0.1) is 0 Å². The average Bonchev–Trinajstić information content (AvgIpc) is 2.02. The quantitative estimate of drug-likeness (QED) is 0.775. The summed E-state index contributed by atoms with van der Waals surface area (Å²) in [7, 11) is 0. The summed E-state index contributed by atoms with van der Waals surface area (Å²) in [5.41, 5.74) is -0.723. The van der Waals surface area contributed by atoms with Crippen molar-refractivity contribution in [3.05, 3.63) is 34.3 Å². The number of aliphatic hydroxyl groups excluding tert-OH is 1. The number of aliphatic hydroxyl groups is 1. The molecular weight excluding hydrogens is 217 g/mol. The Balaban J connectivity index is 3.22. The first-order valence-corrected chi connectivity index (χ1v) is 4.25. The Labute approximate surface area is 84.1 Å². The average molecular weight is 225 g/mol. The van der Waals surface area contributed by atoms with E-state index >= 15 is 0 Å². The van der Waals surface area contributed by atoms with Gasteiger partial charge in [-0.2, -0.15) is 13.2 Å². The maximum atomic E-state index is 12.3. The van der Waals surface area contributed by atoms with Crippen molar-refractivity contribution in [1.82, 2.24) is 0 Å². The van der Waals surface area contributed by atoms with Crippen LogP contribution in [-0.4, -0.2) is 5.11 Å². The molecule has 0 saturated carbocycles. The van der Waals surface area contributed by atoms with E-state index in [1.54, 1.807) is 0 Å². The van der Waals surface area contributed by atoms with Crippen molar-refractivity contribution in [3.8, 4) is 0 Å². The maximum absolute atomic E-state index is 12.3. The third-order valence-corrected chi connectivity index (χ3v) is 2.11. The highest BCUT2D eigenvalue weighted by Gasteiger charge is 2.33. The van der Waals surface area contributed by atoms with Crippen LogP contribution in [-0.2, 0) is 6.18 Å². The highest BCUT2D eigenvalue weighted by atomic mass is 35.5. The molecule has 0 radical (unpaired) electrons. The third kappa shape index (κ3) is 2.39. The molecule has 0 heterocycles. The summed E-state index contributed by atoms with van der Waals surface area (Å²) < 4.78 is 37.0. The molecule has 1 aromatic carbocycles. The van der Waals surface area contributed by atoms with Crippen molar-refractivity contribution in [1.29, 1.82) is 0 Å². The molecule has 0 aliphatic heterocycles. The normalized spacial score (nSPS) is 14.1. The maximum Gasteiger partial charge on any atom is 0.417 e. The predicted octanol–water partition coefficient (Wildman–Crippen LogP) is 3.41. The smallest absolute Gasteiger partial charge is 0.389 e. The van der Waals surface area contributed by atoms with E-state index in [4.69, 9.17) is 16.7 Å². The summed E-state index contributed by atoms with van der Waals surface area (Å²) in [5, 5.41) is 8.73. The van der Waals surface area contributed by atoms with Gasteiger partial charge < -0.3 is 5.11 Å². The van der Waals surface area contributed by atoms with Gasteiger partial charge in [0.25, 0.3) is 0 Å². The van der Waals surface area contributed by atoms with Crippen molar-refractivity contribution < 1.29 is 18.3 Å². The molecule has 1 rings (SSSR count). The van der Waals surface area contributed by atoms with Gasteiger partial charge in [0.05, 0.1) is 16.7 Å². The lowest BCUT2D eigenvalue weighted by Crippen LogP contribution is -2.07. The SMILES string of the molecule is C[C@@H](O)c1ccc(Cl)c(C(F)(F)F)c1. The van der Waals surface area contributed by atoms with Crippen LogP contribution in [0, 0.1) is 0 Å². The van der Waals surface area contributed by atoms with Gasteiger partial charge in [-0.25, -0.2) is 0 Å². The monoisotopic (exact) mass is 224 g/mol. The molecule has 5 heteroatoms. The molecule has 0 aromatic heterocycles. The fourth-order valence-electron chi connectivity index (χ4n) is 1.02. The van der Waals surface area contributed by atoms with E-state index < -0.39 is 17.8 Å². The second kappa shape index (κ2) is 3.79. The molecule has 1 atom stereocenters. The first-order valence-electron chi connectivity index (χ1n) is 3.87. The molecule has 1 nitrogen and oxygen atoms in total. The van der Waals surface area contributed by atoms with Crippen LogP contribution in [0.25, 0.3) is 0 Å². The number of halogens is 4. The second-order valence-corrected chi connectivity index (χ2v) is 3.32.